The molecule has 0 fully saturated rings. The number of nitrogens with two attached hydrogens (primary N) is 1. The number of aromatic amines is 1. The average Bonchev–Trinajstić information content (AvgIpc) is 2.96. The smallest absolute Gasteiger partial charge is 0.327 e. The van der Waals surface area contributed by atoms with Gasteiger partial charge in [0.2, 0.25) is 5.91 Å². The van der Waals surface area contributed by atoms with E-state index in [1.807, 2.05) is 38.1 Å². The fourth-order valence-electron chi connectivity index (χ4n) is 2.97. The van der Waals surface area contributed by atoms with Crippen molar-refractivity contribution in [3.63, 3.8) is 0 Å². The van der Waals surface area contributed by atoms with Crippen LogP contribution in [0.15, 0.2) is 30.5 Å². The highest BCUT2D eigenvalue weighted by atomic mass is 31.1. The Labute approximate surface area is 151 Å². The van der Waals surface area contributed by atoms with Gasteiger partial charge in [0, 0.05) is 23.5 Å². The maximum atomic E-state index is 12.6. The topological polar surface area (TPSA) is 137 Å². The van der Waals surface area contributed by atoms with Crippen LogP contribution in [0.5, 0.6) is 0 Å². The quantitative estimate of drug-likeness (QED) is 0.514. The van der Waals surface area contributed by atoms with Gasteiger partial charge in [-0.05, 0) is 24.0 Å². The van der Waals surface area contributed by atoms with Gasteiger partial charge >= 0.3 is 5.97 Å². The zero-order valence-electron chi connectivity index (χ0n) is 14.7. The molecule has 0 spiro atoms. The number of carboxylic acids is 1. The van der Waals surface area contributed by atoms with Crippen molar-refractivity contribution in [2.24, 2.45) is 11.7 Å². The average molecular weight is 381 g/mol. The third kappa shape index (κ3) is 4.52. The van der Waals surface area contributed by atoms with Crippen LogP contribution in [-0.2, 0) is 20.6 Å². The van der Waals surface area contributed by atoms with E-state index < -0.39 is 32.1 Å². The second-order valence-corrected chi connectivity index (χ2v) is 7.69. The van der Waals surface area contributed by atoms with Crippen LogP contribution in [-0.4, -0.2) is 43.6 Å². The van der Waals surface area contributed by atoms with E-state index in [1.165, 1.54) is 0 Å². The molecule has 2 rings (SSSR count). The molecule has 0 aliphatic carbocycles. The number of aromatic nitrogens is 1. The Kier molecular flexibility index (Phi) is 6.58. The summed E-state index contributed by atoms with van der Waals surface area (Å²) in [5.41, 5.74) is 7.30. The number of hydrogen-bond acceptors (Lipinski definition) is 4. The van der Waals surface area contributed by atoms with Crippen molar-refractivity contribution in [3.8, 4) is 0 Å². The van der Waals surface area contributed by atoms with Crippen molar-refractivity contribution in [1.82, 2.24) is 9.65 Å². The van der Waals surface area contributed by atoms with Crippen molar-refractivity contribution in [2.45, 2.75) is 38.8 Å². The highest BCUT2D eigenvalue weighted by molar-refractivity contribution is 7.36. The molecule has 0 saturated carbocycles. The van der Waals surface area contributed by atoms with E-state index in [0.717, 1.165) is 10.9 Å². The van der Waals surface area contributed by atoms with Crippen molar-refractivity contribution in [3.05, 3.63) is 36.0 Å². The number of nitrogens with zero attached hydrogens (tertiary/aromatic N) is 1. The summed E-state index contributed by atoms with van der Waals surface area (Å²) in [6.45, 7) is 3.72. The Balaban J connectivity index is 2.34. The molecule has 1 amide bonds. The minimum absolute atomic E-state index is 0.0914. The lowest BCUT2D eigenvalue weighted by Gasteiger charge is -2.29. The number of carbonyl (C=O) groups excluding carboxylic acids is 1. The number of rotatable bonds is 8. The van der Waals surface area contributed by atoms with Crippen molar-refractivity contribution in [2.75, 3.05) is 0 Å². The second kappa shape index (κ2) is 8.49. The number of carboxylic acid groups (broad SMARTS) is 1. The lowest BCUT2D eigenvalue weighted by molar-refractivity contribution is -0.146. The van der Waals surface area contributed by atoms with Gasteiger partial charge in [0.15, 0.2) is 0 Å². The molecule has 9 heteroatoms. The minimum atomic E-state index is -3.59. The molecule has 0 bridgehead atoms. The zero-order chi connectivity index (χ0) is 19.4. The van der Waals surface area contributed by atoms with Gasteiger partial charge in [0.25, 0.3) is 8.18 Å². The summed E-state index contributed by atoms with van der Waals surface area (Å²) in [6.07, 6.45) is 1.84. The molecule has 1 heterocycles. The van der Waals surface area contributed by atoms with Crippen LogP contribution < -0.4 is 5.73 Å². The van der Waals surface area contributed by atoms with E-state index in [9.17, 15) is 24.2 Å². The Morgan fingerprint density at radius 2 is 1.96 bits per heavy atom. The van der Waals surface area contributed by atoms with E-state index in [-0.39, 0.29) is 12.3 Å². The van der Waals surface area contributed by atoms with Crippen LogP contribution in [0.3, 0.4) is 0 Å². The van der Waals surface area contributed by atoms with Gasteiger partial charge in [-0.3, -0.25) is 14.0 Å². The Morgan fingerprint density at radius 1 is 1.31 bits per heavy atom. The van der Waals surface area contributed by atoms with Gasteiger partial charge in [-0.2, -0.15) is 0 Å². The van der Waals surface area contributed by atoms with E-state index >= 15 is 0 Å². The molecule has 0 aliphatic rings. The molecular formula is C17H24N3O5P. The molecule has 0 aliphatic heterocycles. The molecule has 26 heavy (non-hydrogen) atoms. The second-order valence-electron chi connectivity index (χ2n) is 6.64. The van der Waals surface area contributed by atoms with Crippen molar-refractivity contribution < 1.29 is 24.2 Å². The molecule has 1 unspecified atom stereocenters. The molecule has 0 saturated heterocycles. The predicted octanol–water partition coefficient (Wildman–Crippen LogP) is 1.75. The number of para-hydroxylation sites is 1. The fraction of sp³-hybridized carbons (Fsp3) is 0.412. The molecule has 1 aromatic heterocycles. The first-order valence-electron chi connectivity index (χ1n) is 8.31. The van der Waals surface area contributed by atoms with E-state index in [1.54, 1.807) is 6.20 Å². The first-order valence-corrected chi connectivity index (χ1v) is 9.62. The van der Waals surface area contributed by atoms with Crippen molar-refractivity contribution >= 4 is 31.0 Å². The number of hydrogen-bond donors (Lipinski definition) is 4. The number of nitrogens with one attached hydrogen (secondary N) is 1. The van der Waals surface area contributed by atoms with Gasteiger partial charge in [-0.25, -0.2) is 4.79 Å². The first-order chi connectivity index (χ1) is 12.2. The number of carbonyl (C=O) groups is 2. The molecule has 142 valence electrons. The Hall–Kier alpha value is -2.15. The van der Waals surface area contributed by atoms with E-state index in [0.29, 0.717) is 16.7 Å². The molecule has 3 atom stereocenters. The summed E-state index contributed by atoms with van der Waals surface area (Å²) in [6, 6.07) is 4.80. The number of fused-ring (bicyclic) bond motifs is 1. The lowest BCUT2D eigenvalue weighted by Crippen LogP contribution is -2.49. The SMILES string of the molecule is CC(C)C[C@H](N)C(=O)N([C@@H](Cc1c[nH]c2ccccc12)C(=O)O)[PH](=O)O. The summed E-state index contributed by atoms with van der Waals surface area (Å²) in [4.78, 5) is 37.0. The monoisotopic (exact) mass is 381 g/mol. The van der Waals surface area contributed by atoms with E-state index in [2.05, 4.69) is 4.98 Å². The summed E-state index contributed by atoms with van der Waals surface area (Å²) in [5.74, 6) is -2.08. The number of benzene rings is 1. The maximum absolute atomic E-state index is 12.6. The fourth-order valence-corrected chi connectivity index (χ4v) is 3.79. The lowest BCUT2D eigenvalue weighted by atomic mass is 10.0. The van der Waals surface area contributed by atoms with Crippen LogP contribution in [0.2, 0.25) is 0 Å². The molecular weight excluding hydrogens is 357 g/mol. The van der Waals surface area contributed by atoms with Gasteiger partial charge in [-0.1, -0.05) is 32.0 Å². The summed E-state index contributed by atoms with van der Waals surface area (Å²) < 4.78 is 12.4. The number of H-pyrrole nitrogens is 1. The Morgan fingerprint density at radius 3 is 2.54 bits per heavy atom. The number of aliphatic carboxylic acids is 1. The molecule has 5 N–H and O–H groups in total. The molecule has 2 aromatic rings. The van der Waals surface area contributed by atoms with Gasteiger partial charge in [0.05, 0.1) is 6.04 Å². The molecule has 8 nitrogen and oxygen atoms in total. The summed E-state index contributed by atoms with van der Waals surface area (Å²) in [7, 11) is -3.59. The van der Waals surface area contributed by atoms with Crippen LogP contribution >= 0.6 is 8.18 Å². The first kappa shape index (κ1) is 20.2. The van der Waals surface area contributed by atoms with E-state index in [4.69, 9.17) is 5.73 Å². The van der Waals surface area contributed by atoms with Gasteiger partial charge in [-0.15, -0.1) is 0 Å². The Bertz CT molecular complexity index is 820. The predicted molar refractivity (Wildman–Crippen MR) is 98.9 cm³/mol. The maximum Gasteiger partial charge on any atom is 0.327 e. The summed E-state index contributed by atoms with van der Waals surface area (Å²) >= 11 is 0. The standard InChI is InChI=1S/C17H24N3O5P/c1-10(2)7-13(18)16(21)20(26(24)25)15(17(22)23)8-11-9-19-14-6-4-3-5-12(11)14/h3-6,9-10,13,15,19,26H,7-8,18H2,1-2H3,(H,22,23)(H,24,25)/t13-,15-/m0/s1. The van der Waals surface area contributed by atoms with Crippen LogP contribution in [0.1, 0.15) is 25.8 Å². The zero-order valence-corrected chi connectivity index (χ0v) is 15.7. The highest BCUT2D eigenvalue weighted by Gasteiger charge is 2.36. The van der Waals surface area contributed by atoms with Crippen molar-refractivity contribution in [1.29, 1.82) is 0 Å². The molecule has 0 radical (unpaired) electrons. The summed E-state index contributed by atoms with van der Waals surface area (Å²) in [5, 5.41) is 10.4. The van der Waals surface area contributed by atoms with Crippen LogP contribution in [0.4, 0.5) is 0 Å². The normalized spacial score (nSPS) is 15.0. The highest BCUT2D eigenvalue weighted by Crippen LogP contribution is 2.30. The van der Waals surface area contributed by atoms with Crippen LogP contribution in [0, 0.1) is 5.92 Å². The molecule has 1 aromatic carbocycles. The minimum Gasteiger partial charge on any atom is -0.480 e. The largest absolute Gasteiger partial charge is 0.480 e. The number of amides is 1. The van der Waals surface area contributed by atoms with Gasteiger partial charge in [0.1, 0.15) is 6.04 Å². The van der Waals surface area contributed by atoms with Gasteiger partial charge < -0.3 is 20.7 Å². The van der Waals surface area contributed by atoms with Crippen LogP contribution in [0.25, 0.3) is 10.9 Å². The third-order valence-electron chi connectivity index (χ3n) is 4.17. The third-order valence-corrected chi connectivity index (χ3v) is 5.12.